The van der Waals surface area contributed by atoms with E-state index in [0.717, 1.165) is 74.5 Å². The number of para-hydroxylation sites is 1. The van der Waals surface area contributed by atoms with Crippen LogP contribution in [-0.4, -0.2) is 47.6 Å². The third-order valence-electron chi connectivity index (χ3n) is 18.8. The van der Waals surface area contributed by atoms with Gasteiger partial charge in [0, 0.05) is 125 Å². The molecule has 7 heterocycles. The number of carbonyl (C=O) groups is 3. The number of aliphatic hydroxyl groups is 3. The van der Waals surface area contributed by atoms with E-state index in [4.69, 9.17) is 20.2 Å². The minimum absolute atomic E-state index is 0. The summed E-state index contributed by atoms with van der Waals surface area (Å²) in [6, 6.07) is 99.1. The Bertz CT molecular complexity index is 6010. The maximum absolute atomic E-state index is 11.0. The van der Waals surface area contributed by atoms with Crippen LogP contribution in [0.5, 0.6) is 0 Å². The standard InChI is InChI=1S/C18H16N.2C17H14N.2C16H12N.C9H16O2.2C5H8O2.3Ir/c1-12-4-5-15-6-7-17(19-18(15)11-12)16-9-13(2)8-14(3)10-16;1-12-6-7-13-8-9-16-15-5-3-2-4-14(15)11-18(16)17(13)10-12;1-12-9-13(2)11-15(10-12)17-8-7-14-5-3-4-6-16(14)18-17;1-3-7-14-12(5-1)9-10-17-11-13-6-2-4-8-15(13)16(14)17;1-12-7-8-14-9-10-15(17-16(14)11-12)13-5-3-2-4-6-13;1-6(2)8(10)5-9(11)7(3)4;2*1-4(6)3-5(2)7;;;/h4-9,11H,1-3H3;2-10H,11H2,1H3;3-10H,1-2H3;1-10H,11H2;2-5,7-11H,1H3;5-7,10H,1-4H3;2*3,6H,1-2H3;;;/q-1;+1;-1;+1;-1;;;;;;. The van der Waals surface area contributed by atoms with Crippen molar-refractivity contribution in [3.63, 3.8) is 0 Å². The van der Waals surface area contributed by atoms with Gasteiger partial charge in [0.2, 0.25) is 16.9 Å². The molecule has 0 atom stereocenters. The number of pyridine rings is 5. The van der Waals surface area contributed by atoms with E-state index < -0.39 is 0 Å². The number of hydrogen-bond donors (Lipinski definition) is 3. The third kappa shape index (κ3) is 26.4. The van der Waals surface area contributed by atoms with Gasteiger partial charge in [0.05, 0.1) is 50.3 Å². The van der Waals surface area contributed by atoms with Crippen molar-refractivity contribution in [2.24, 2.45) is 11.8 Å². The molecule has 117 heavy (non-hydrogen) atoms. The van der Waals surface area contributed by atoms with Crippen LogP contribution in [0.1, 0.15) is 105 Å². The van der Waals surface area contributed by atoms with Crippen LogP contribution in [0.4, 0.5) is 0 Å². The number of allylic oxidation sites excluding steroid dienone is 6. The SMILES string of the molecule is CC(=O)C=C(C)O.CC(=O)C=C(C)O.CC(C)C(=O)C=C(O)C(C)C.Cc1[c-]c(-c2ccc3ccc(C)cc3n2)cc(C)c1.Cc1[c-]c(-c2ccc3ccccc3n2)cc(C)c1.Cc1ccc2ccc(-c3[c-]cccc3)nc2c1.Cc1ccc2ccc3[n+](c2c1)Cc1ccccc1-3.[Ir].[Ir].[Ir].c1ccc2c(c1)C[n+]1ccc3ccccc3c1-2. The molecule has 10 aromatic carbocycles. The van der Waals surface area contributed by atoms with Crippen molar-refractivity contribution in [2.45, 2.75) is 117 Å². The molecule has 15 aromatic rings. The first kappa shape index (κ1) is 93.0. The smallest absolute Gasteiger partial charge is 0.221 e. The molecule has 11 nitrogen and oxygen atoms in total. The summed E-state index contributed by atoms with van der Waals surface area (Å²) in [5.74, 6) is 0.0356. The van der Waals surface area contributed by atoms with E-state index in [1.54, 1.807) is 0 Å². The van der Waals surface area contributed by atoms with Gasteiger partial charge in [-0.05, 0) is 152 Å². The van der Waals surface area contributed by atoms with E-state index in [0.29, 0.717) is 0 Å². The van der Waals surface area contributed by atoms with Gasteiger partial charge in [0.25, 0.3) is 0 Å². The topological polar surface area (TPSA) is 158 Å². The molecule has 0 spiro atoms. The summed E-state index contributed by atoms with van der Waals surface area (Å²) in [6.07, 6.45) is 5.84. The van der Waals surface area contributed by atoms with Crippen LogP contribution in [0, 0.1) is 78.5 Å². The zero-order valence-corrected chi connectivity index (χ0v) is 76.1. The van der Waals surface area contributed by atoms with E-state index in [1.165, 1.54) is 145 Å². The number of nitrogens with zero attached hydrogens (tertiary/aromatic N) is 5. The molecule has 2 aliphatic rings. The summed E-state index contributed by atoms with van der Waals surface area (Å²) < 4.78 is 4.76. The molecule has 601 valence electrons. The number of aromatic nitrogens is 5. The molecule has 17 rings (SSSR count). The van der Waals surface area contributed by atoms with E-state index in [-0.39, 0.29) is 107 Å². The monoisotopic (exact) mass is 2080 g/mol. The summed E-state index contributed by atoms with van der Waals surface area (Å²) in [4.78, 5) is 45.2. The number of aryl methyl sites for hydroxylation is 7. The molecule has 3 radical (unpaired) electrons. The summed E-state index contributed by atoms with van der Waals surface area (Å²) >= 11 is 0. The van der Waals surface area contributed by atoms with Crippen LogP contribution in [0.15, 0.2) is 296 Å². The Hall–Kier alpha value is -11.2. The maximum Gasteiger partial charge on any atom is 0.221 e. The Morgan fingerprint density at radius 3 is 1.35 bits per heavy atom. The minimum atomic E-state index is -0.125. The van der Waals surface area contributed by atoms with Gasteiger partial charge in [0.1, 0.15) is 0 Å². The molecule has 2 aliphatic heterocycles. The van der Waals surface area contributed by atoms with Crippen molar-refractivity contribution in [3.05, 3.63) is 365 Å². The van der Waals surface area contributed by atoms with Gasteiger partial charge < -0.3 is 15.3 Å². The average Bonchev–Trinajstić information content (AvgIpc) is 1.62. The molecule has 0 amide bonds. The minimum Gasteiger partial charge on any atom is -0.512 e. The van der Waals surface area contributed by atoms with Crippen molar-refractivity contribution in [1.82, 2.24) is 15.0 Å². The van der Waals surface area contributed by atoms with Gasteiger partial charge in [-0.1, -0.05) is 195 Å². The van der Waals surface area contributed by atoms with Crippen molar-refractivity contribution in [2.75, 3.05) is 0 Å². The van der Waals surface area contributed by atoms with Crippen molar-refractivity contribution in [3.8, 4) is 56.3 Å². The van der Waals surface area contributed by atoms with Gasteiger partial charge in [-0.15, -0.1) is 106 Å². The van der Waals surface area contributed by atoms with Crippen molar-refractivity contribution < 1.29 is 99.2 Å². The summed E-state index contributed by atoms with van der Waals surface area (Å²) in [5, 5.41) is 33.4. The first-order valence-corrected chi connectivity index (χ1v) is 38.4. The zero-order chi connectivity index (χ0) is 81.7. The van der Waals surface area contributed by atoms with E-state index in [1.807, 2.05) is 76.2 Å². The van der Waals surface area contributed by atoms with Crippen LogP contribution in [0.25, 0.3) is 111 Å². The molecule has 0 aliphatic carbocycles. The van der Waals surface area contributed by atoms with Gasteiger partial charge in [-0.3, -0.25) is 29.3 Å². The van der Waals surface area contributed by atoms with Crippen LogP contribution < -0.4 is 9.13 Å². The second-order valence-corrected chi connectivity index (χ2v) is 29.6. The predicted octanol–water partition coefficient (Wildman–Crippen LogP) is 24.0. The van der Waals surface area contributed by atoms with E-state index in [9.17, 15) is 19.5 Å². The number of hydrogen-bond acceptors (Lipinski definition) is 9. The van der Waals surface area contributed by atoms with Gasteiger partial charge >= 0.3 is 0 Å². The fourth-order valence-corrected chi connectivity index (χ4v) is 13.3. The molecule has 3 N–H and O–H groups in total. The fraction of sp³-hybridized carbons (Fsp3) is 0.184. The molecule has 0 unspecified atom stereocenters. The maximum atomic E-state index is 11.0. The molecule has 5 aromatic heterocycles. The van der Waals surface area contributed by atoms with Crippen LogP contribution in [-0.2, 0) is 87.8 Å². The Kier molecular flexibility index (Phi) is 35.2. The molecule has 0 saturated heterocycles. The summed E-state index contributed by atoms with van der Waals surface area (Å²) in [5.41, 5.74) is 27.5. The Morgan fingerprint density at radius 2 is 0.846 bits per heavy atom. The number of fused-ring (bicyclic) bond motifs is 13. The normalized spacial score (nSPS) is 11.3. The van der Waals surface area contributed by atoms with Gasteiger partial charge in [-0.2, -0.15) is 9.13 Å². The first-order chi connectivity index (χ1) is 54.6. The first-order valence-electron chi connectivity index (χ1n) is 38.4. The van der Waals surface area contributed by atoms with E-state index in [2.05, 4.69) is 293 Å². The molecule has 14 heteroatoms. The molecular formula is C103H100Ir3N5O6-. The Morgan fingerprint density at radius 1 is 0.402 bits per heavy atom. The quantitative estimate of drug-likeness (QED) is 0.0583. The second kappa shape index (κ2) is 44.2. The average molecular weight is 2080 g/mol. The predicted molar refractivity (Wildman–Crippen MR) is 468 cm³/mol. The number of rotatable bonds is 8. The number of benzene rings is 10. The van der Waals surface area contributed by atoms with E-state index >= 15 is 0 Å². The van der Waals surface area contributed by atoms with Gasteiger partial charge in [-0.25, -0.2) is 0 Å². The third-order valence-corrected chi connectivity index (χ3v) is 18.8. The second-order valence-electron chi connectivity index (χ2n) is 29.6. The summed E-state index contributed by atoms with van der Waals surface area (Å²) in [6.45, 7) is 29.7. The van der Waals surface area contributed by atoms with Crippen molar-refractivity contribution in [1.29, 1.82) is 0 Å². The Balaban J connectivity index is 0.000000188. The van der Waals surface area contributed by atoms with Gasteiger partial charge in [0.15, 0.2) is 36.6 Å². The number of aliphatic hydroxyl groups excluding tert-OH is 3. The van der Waals surface area contributed by atoms with Crippen LogP contribution in [0.3, 0.4) is 0 Å². The van der Waals surface area contributed by atoms with Crippen LogP contribution in [0.2, 0.25) is 0 Å². The zero-order valence-electron chi connectivity index (χ0n) is 68.9. The number of carbonyl (C=O) groups excluding carboxylic acids is 3. The largest absolute Gasteiger partial charge is 0.512 e. The molecule has 0 fully saturated rings. The Labute approximate surface area is 729 Å². The molecule has 0 bridgehead atoms. The van der Waals surface area contributed by atoms with Crippen molar-refractivity contribution >= 4 is 71.7 Å². The van der Waals surface area contributed by atoms with Crippen LogP contribution >= 0.6 is 0 Å². The summed E-state index contributed by atoms with van der Waals surface area (Å²) in [7, 11) is 0. The number of ketones is 3. The fourth-order valence-electron chi connectivity index (χ4n) is 13.3. The molecular weight excluding hydrogens is 1980 g/mol. The molecule has 0 saturated carbocycles.